The van der Waals surface area contributed by atoms with Gasteiger partial charge < -0.3 is 15.2 Å². The third kappa shape index (κ3) is 4.17. The van der Waals surface area contributed by atoms with Gasteiger partial charge in [0.25, 0.3) is 0 Å². The standard InChI is InChI=1S/C14H22N4O2.ClH/c19-14(11-7-4-8-15-11)16-9-12-17-13(18-20-12)10-5-2-1-3-6-10;/h10-11,15H,1-9H2,(H,16,19);1H. The molecular weight excluding hydrogens is 292 g/mol. The Morgan fingerprint density at radius 2 is 2.05 bits per heavy atom. The molecule has 0 aromatic carbocycles. The number of halogens is 1. The summed E-state index contributed by atoms with van der Waals surface area (Å²) in [5.41, 5.74) is 0. The van der Waals surface area contributed by atoms with Crippen molar-refractivity contribution in [3.8, 4) is 0 Å². The lowest BCUT2D eigenvalue weighted by Crippen LogP contribution is -2.40. The normalized spacial score (nSPS) is 22.8. The molecule has 1 aromatic rings. The lowest BCUT2D eigenvalue weighted by molar-refractivity contribution is -0.123. The monoisotopic (exact) mass is 314 g/mol. The maximum atomic E-state index is 11.9. The van der Waals surface area contributed by atoms with Crippen molar-refractivity contribution in [1.82, 2.24) is 20.8 Å². The van der Waals surface area contributed by atoms with Gasteiger partial charge in [-0.15, -0.1) is 12.4 Å². The molecule has 0 spiro atoms. The van der Waals surface area contributed by atoms with Crippen molar-refractivity contribution in [2.45, 2.75) is 63.5 Å². The molecule has 6 nitrogen and oxygen atoms in total. The van der Waals surface area contributed by atoms with Crippen molar-refractivity contribution >= 4 is 18.3 Å². The summed E-state index contributed by atoms with van der Waals surface area (Å²) < 4.78 is 5.23. The van der Waals surface area contributed by atoms with Crippen LogP contribution in [-0.2, 0) is 11.3 Å². The summed E-state index contributed by atoms with van der Waals surface area (Å²) in [4.78, 5) is 16.3. The number of rotatable bonds is 4. The van der Waals surface area contributed by atoms with Crippen LogP contribution in [0.3, 0.4) is 0 Å². The Bertz CT molecular complexity index is 454. The van der Waals surface area contributed by atoms with Gasteiger partial charge in [-0.1, -0.05) is 24.4 Å². The topological polar surface area (TPSA) is 80.1 Å². The Kier molecular flexibility index (Phi) is 5.99. The van der Waals surface area contributed by atoms with Crippen molar-refractivity contribution in [3.05, 3.63) is 11.7 Å². The van der Waals surface area contributed by atoms with Gasteiger partial charge in [-0.3, -0.25) is 4.79 Å². The zero-order valence-corrected chi connectivity index (χ0v) is 13.0. The molecule has 0 radical (unpaired) electrons. The molecule has 2 fully saturated rings. The van der Waals surface area contributed by atoms with Gasteiger partial charge in [0.15, 0.2) is 5.82 Å². The Morgan fingerprint density at radius 3 is 2.76 bits per heavy atom. The Balaban J connectivity index is 0.00000161. The second-order valence-electron chi connectivity index (χ2n) is 5.75. The minimum absolute atomic E-state index is 0. The van der Waals surface area contributed by atoms with Crippen molar-refractivity contribution in [2.75, 3.05) is 6.54 Å². The van der Waals surface area contributed by atoms with E-state index in [1.165, 1.54) is 19.3 Å². The van der Waals surface area contributed by atoms with Crippen LogP contribution in [0.15, 0.2) is 4.52 Å². The van der Waals surface area contributed by atoms with Gasteiger partial charge in [-0.05, 0) is 32.2 Å². The van der Waals surface area contributed by atoms with E-state index in [2.05, 4.69) is 20.8 Å². The Hall–Kier alpha value is -1.14. The summed E-state index contributed by atoms with van der Waals surface area (Å²) in [6, 6.07) is -0.0595. The second kappa shape index (κ2) is 7.75. The summed E-state index contributed by atoms with van der Waals surface area (Å²) >= 11 is 0. The van der Waals surface area contributed by atoms with Crippen LogP contribution in [0.4, 0.5) is 0 Å². The first-order valence-electron chi connectivity index (χ1n) is 7.66. The molecule has 1 saturated carbocycles. The summed E-state index contributed by atoms with van der Waals surface area (Å²) in [6.07, 6.45) is 8.07. The maximum Gasteiger partial charge on any atom is 0.246 e. The number of hydrogen-bond acceptors (Lipinski definition) is 5. The van der Waals surface area contributed by atoms with Crippen LogP contribution in [0.25, 0.3) is 0 Å². The quantitative estimate of drug-likeness (QED) is 0.887. The molecular formula is C14H23ClN4O2. The highest BCUT2D eigenvalue weighted by Gasteiger charge is 2.23. The van der Waals surface area contributed by atoms with E-state index in [1.54, 1.807) is 0 Å². The van der Waals surface area contributed by atoms with E-state index < -0.39 is 0 Å². The number of nitrogens with one attached hydrogen (secondary N) is 2. The third-order valence-corrected chi connectivity index (χ3v) is 4.24. The highest BCUT2D eigenvalue weighted by Crippen LogP contribution is 2.30. The molecule has 1 aliphatic carbocycles. The highest BCUT2D eigenvalue weighted by molar-refractivity contribution is 5.85. The molecule has 1 aliphatic heterocycles. The van der Waals surface area contributed by atoms with Crippen LogP contribution in [-0.4, -0.2) is 28.6 Å². The smallest absolute Gasteiger partial charge is 0.246 e. The third-order valence-electron chi connectivity index (χ3n) is 4.24. The molecule has 21 heavy (non-hydrogen) atoms. The first kappa shape index (κ1) is 16.2. The fraction of sp³-hybridized carbons (Fsp3) is 0.786. The fourth-order valence-corrected chi connectivity index (χ4v) is 3.06. The summed E-state index contributed by atoms with van der Waals surface area (Å²) in [6.45, 7) is 1.25. The minimum Gasteiger partial charge on any atom is -0.346 e. The summed E-state index contributed by atoms with van der Waals surface area (Å²) in [5, 5.41) is 10.1. The molecule has 118 valence electrons. The summed E-state index contributed by atoms with van der Waals surface area (Å²) in [7, 11) is 0. The second-order valence-corrected chi connectivity index (χ2v) is 5.75. The van der Waals surface area contributed by atoms with Gasteiger partial charge in [0.2, 0.25) is 11.8 Å². The predicted molar refractivity (Wildman–Crippen MR) is 80.2 cm³/mol. The zero-order chi connectivity index (χ0) is 13.8. The zero-order valence-electron chi connectivity index (χ0n) is 12.1. The van der Waals surface area contributed by atoms with Crippen LogP contribution in [0, 0.1) is 0 Å². The molecule has 0 bridgehead atoms. The molecule has 2 heterocycles. The molecule has 1 unspecified atom stereocenters. The number of aromatic nitrogens is 2. The number of carbonyl (C=O) groups is 1. The highest BCUT2D eigenvalue weighted by atomic mass is 35.5. The Morgan fingerprint density at radius 1 is 1.24 bits per heavy atom. The average Bonchev–Trinajstić information content (AvgIpc) is 3.17. The average molecular weight is 315 g/mol. The van der Waals surface area contributed by atoms with Gasteiger partial charge in [-0.25, -0.2) is 0 Å². The molecule has 2 aliphatic rings. The first-order valence-corrected chi connectivity index (χ1v) is 7.66. The molecule has 7 heteroatoms. The van der Waals surface area contributed by atoms with Crippen LogP contribution >= 0.6 is 12.4 Å². The molecule has 3 rings (SSSR count). The number of amides is 1. The van der Waals surface area contributed by atoms with E-state index >= 15 is 0 Å². The molecule has 1 saturated heterocycles. The van der Waals surface area contributed by atoms with Crippen LogP contribution in [0.2, 0.25) is 0 Å². The van der Waals surface area contributed by atoms with E-state index in [0.29, 0.717) is 18.4 Å². The number of carbonyl (C=O) groups excluding carboxylic acids is 1. The van der Waals surface area contributed by atoms with Crippen molar-refractivity contribution in [3.63, 3.8) is 0 Å². The predicted octanol–water partition coefficient (Wildman–Crippen LogP) is 1.91. The SMILES string of the molecule is Cl.O=C(NCc1nc(C2CCCCC2)no1)C1CCCN1. The lowest BCUT2D eigenvalue weighted by Gasteiger charge is -2.17. The van der Waals surface area contributed by atoms with Crippen LogP contribution < -0.4 is 10.6 Å². The van der Waals surface area contributed by atoms with Gasteiger partial charge in [0.1, 0.15) is 0 Å². The molecule has 1 amide bonds. The van der Waals surface area contributed by atoms with Gasteiger partial charge in [-0.2, -0.15) is 4.98 Å². The van der Waals surface area contributed by atoms with Gasteiger partial charge >= 0.3 is 0 Å². The van der Waals surface area contributed by atoms with E-state index in [9.17, 15) is 4.79 Å². The lowest BCUT2D eigenvalue weighted by atomic mass is 9.89. The molecule has 1 aromatic heterocycles. The van der Waals surface area contributed by atoms with Gasteiger partial charge in [0.05, 0.1) is 12.6 Å². The maximum absolute atomic E-state index is 11.9. The van der Waals surface area contributed by atoms with Crippen LogP contribution in [0.1, 0.15) is 62.6 Å². The van der Waals surface area contributed by atoms with Crippen molar-refractivity contribution in [2.24, 2.45) is 0 Å². The van der Waals surface area contributed by atoms with Crippen molar-refractivity contribution in [1.29, 1.82) is 0 Å². The minimum atomic E-state index is -0.0595. The largest absolute Gasteiger partial charge is 0.346 e. The van der Waals surface area contributed by atoms with E-state index in [-0.39, 0.29) is 24.4 Å². The van der Waals surface area contributed by atoms with E-state index in [1.807, 2.05) is 0 Å². The fourth-order valence-electron chi connectivity index (χ4n) is 3.06. The van der Waals surface area contributed by atoms with E-state index in [4.69, 9.17) is 4.52 Å². The van der Waals surface area contributed by atoms with E-state index in [0.717, 1.165) is 38.1 Å². The molecule has 2 N–H and O–H groups in total. The van der Waals surface area contributed by atoms with Crippen LogP contribution in [0.5, 0.6) is 0 Å². The number of nitrogens with zero attached hydrogens (tertiary/aromatic N) is 2. The van der Waals surface area contributed by atoms with Crippen molar-refractivity contribution < 1.29 is 9.32 Å². The van der Waals surface area contributed by atoms with Gasteiger partial charge in [0, 0.05) is 5.92 Å². The first-order chi connectivity index (χ1) is 9.83. The number of hydrogen-bond donors (Lipinski definition) is 2. The summed E-state index contributed by atoms with van der Waals surface area (Å²) in [5.74, 6) is 1.79. The Labute approximate surface area is 130 Å². The molecule has 1 atom stereocenters.